The number of aryl methyl sites for hydroxylation is 1. The van der Waals surface area contributed by atoms with Gasteiger partial charge in [-0.2, -0.15) is 0 Å². The molecular formula is C12H20N6OS2. The van der Waals surface area contributed by atoms with Crippen LogP contribution in [0.1, 0.15) is 24.7 Å². The Bertz CT molecular complexity index is 514. The van der Waals surface area contributed by atoms with Gasteiger partial charge in [-0.15, -0.1) is 0 Å². The predicted octanol–water partition coefficient (Wildman–Crippen LogP) is 1.16. The van der Waals surface area contributed by atoms with E-state index in [2.05, 4.69) is 9.97 Å². The number of amides is 1. The zero-order valence-electron chi connectivity index (χ0n) is 12.1. The van der Waals surface area contributed by atoms with E-state index in [0.717, 1.165) is 28.0 Å². The van der Waals surface area contributed by atoms with E-state index in [1.165, 1.54) is 10.8 Å². The third-order valence-corrected chi connectivity index (χ3v) is 4.53. The van der Waals surface area contributed by atoms with Crippen molar-refractivity contribution < 1.29 is 4.79 Å². The molecule has 0 fully saturated rings. The highest BCUT2D eigenvalue weighted by atomic mass is 33.1. The SMILES string of the molecule is C/C(=C(\CCN)SSN)N(C=O)Cc1cnc(C)nc1N. The minimum absolute atomic E-state index is 0.311. The van der Waals surface area contributed by atoms with Crippen LogP contribution in [0.25, 0.3) is 0 Å². The molecule has 1 heterocycles. The topological polar surface area (TPSA) is 124 Å². The minimum atomic E-state index is 0.311. The maximum Gasteiger partial charge on any atom is 0.214 e. The van der Waals surface area contributed by atoms with Crippen molar-refractivity contribution >= 4 is 34.0 Å². The summed E-state index contributed by atoms with van der Waals surface area (Å²) in [4.78, 5) is 22.1. The highest BCUT2D eigenvalue weighted by Gasteiger charge is 2.13. The number of carbonyl (C=O) groups is 1. The summed E-state index contributed by atoms with van der Waals surface area (Å²) < 4.78 is 0. The van der Waals surface area contributed by atoms with E-state index in [9.17, 15) is 4.79 Å². The molecule has 0 saturated heterocycles. The predicted molar refractivity (Wildman–Crippen MR) is 88.5 cm³/mol. The molecule has 0 atom stereocenters. The summed E-state index contributed by atoms with van der Waals surface area (Å²) in [5, 5.41) is 5.49. The van der Waals surface area contributed by atoms with Gasteiger partial charge in [-0.1, -0.05) is 0 Å². The van der Waals surface area contributed by atoms with Gasteiger partial charge < -0.3 is 16.4 Å². The van der Waals surface area contributed by atoms with Crippen molar-refractivity contribution in [2.75, 3.05) is 12.3 Å². The zero-order valence-corrected chi connectivity index (χ0v) is 13.7. The number of nitrogens with two attached hydrogens (primary N) is 3. The molecular weight excluding hydrogens is 308 g/mol. The fourth-order valence-corrected chi connectivity index (χ4v) is 3.20. The van der Waals surface area contributed by atoms with E-state index < -0.39 is 0 Å². The third-order valence-electron chi connectivity index (χ3n) is 2.84. The summed E-state index contributed by atoms with van der Waals surface area (Å²) in [6.07, 6.45) is 3.05. The summed E-state index contributed by atoms with van der Waals surface area (Å²) in [6, 6.07) is 0. The number of nitrogens with zero attached hydrogens (tertiary/aromatic N) is 3. The number of hydrogen-bond acceptors (Lipinski definition) is 8. The molecule has 21 heavy (non-hydrogen) atoms. The molecule has 1 rings (SSSR count). The summed E-state index contributed by atoms with van der Waals surface area (Å²) >= 11 is 0. The monoisotopic (exact) mass is 328 g/mol. The number of allylic oxidation sites excluding steroid dienone is 1. The van der Waals surface area contributed by atoms with Crippen molar-refractivity contribution in [2.45, 2.75) is 26.8 Å². The van der Waals surface area contributed by atoms with Crippen LogP contribution in [0.5, 0.6) is 0 Å². The molecule has 1 amide bonds. The molecule has 0 aliphatic rings. The van der Waals surface area contributed by atoms with Crippen LogP contribution < -0.4 is 16.6 Å². The Morgan fingerprint density at radius 2 is 2.24 bits per heavy atom. The van der Waals surface area contributed by atoms with E-state index in [4.69, 9.17) is 16.6 Å². The molecule has 1 aromatic rings. The summed E-state index contributed by atoms with van der Waals surface area (Å²) in [5.74, 6) is 0.975. The van der Waals surface area contributed by atoms with Crippen molar-refractivity contribution in [3.63, 3.8) is 0 Å². The maximum atomic E-state index is 11.4. The van der Waals surface area contributed by atoms with Crippen LogP contribution in [-0.2, 0) is 11.3 Å². The van der Waals surface area contributed by atoms with Crippen LogP contribution in [0.2, 0.25) is 0 Å². The van der Waals surface area contributed by atoms with Crippen molar-refractivity contribution in [3.8, 4) is 0 Å². The Labute approximate surface area is 132 Å². The van der Waals surface area contributed by atoms with Gasteiger partial charge in [0.2, 0.25) is 6.41 Å². The van der Waals surface area contributed by atoms with Gasteiger partial charge >= 0.3 is 0 Å². The first-order valence-corrected chi connectivity index (χ1v) is 8.47. The van der Waals surface area contributed by atoms with E-state index in [1.807, 2.05) is 6.92 Å². The summed E-state index contributed by atoms with van der Waals surface area (Å²) in [6.45, 7) is 4.42. The lowest BCUT2D eigenvalue weighted by Crippen LogP contribution is -2.22. The Balaban J connectivity index is 3.00. The highest BCUT2D eigenvalue weighted by Crippen LogP contribution is 2.31. The van der Waals surface area contributed by atoms with E-state index >= 15 is 0 Å². The lowest BCUT2D eigenvalue weighted by Gasteiger charge is -2.21. The van der Waals surface area contributed by atoms with Crippen LogP contribution in [0.3, 0.4) is 0 Å². The second-order valence-electron chi connectivity index (χ2n) is 4.29. The number of aromatic nitrogens is 2. The van der Waals surface area contributed by atoms with Crippen LogP contribution in [-0.4, -0.2) is 27.8 Å². The largest absolute Gasteiger partial charge is 0.383 e. The highest BCUT2D eigenvalue weighted by molar-refractivity contribution is 8.77. The standard InChI is InChI=1S/C12H20N6OS2/c1-8(11(3-4-13)20-21-15)18(7-19)6-10-5-16-9(2)17-12(10)14/h5,7H,3-4,6,13,15H2,1-2H3,(H2,14,16,17)/b11-8-. The molecule has 7 nitrogen and oxygen atoms in total. The third kappa shape index (κ3) is 5.20. The molecule has 6 N–H and O–H groups in total. The van der Waals surface area contributed by atoms with Crippen LogP contribution in [0.15, 0.2) is 16.8 Å². The molecule has 9 heteroatoms. The second-order valence-corrected chi connectivity index (χ2v) is 6.22. The Morgan fingerprint density at radius 3 is 2.76 bits per heavy atom. The normalized spacial score (nSPS) is 12.0. The van der Waals surface area contributed by atoms with E-state index in [0.29, 0.717) is 36.7 Å². The van der Waals surface area contributed by atoms with Crippen LogP contribution in [0.4, 0.5) is 5.82 Å². The van der Waals surface area contributed by atoms with Crippen LogP contribution >= 0.6 is 21.8 Å². The molecule has 0 unspecified atom stereocenters. The second kappa shape index (κ2) is 8.88. The van der Waals surface area contributed by atoms with Crippen molar-refractivity contribution in [1.82, 2.24) is 14.9 Å². The molecule has 0 aromatic carbocycles. The van der Waals surface area contributed by atoms with Gasteiger partial charge in [0.05, 0.1) is 6.54 Å². The lowest BCUT2D eigenvalue weighted by atomic mass is 10.2. The van der Waals surface area contributed by atoms with E-state index in [1.54, 1.807) is 18.0 Å². The number of nitrogen functional groups attached to an aromatic ring is 1. The Morgan fingerprint density at radius 1 is 1.52 bits per heavy atom. The molecule has 116 valence electrons. The first-order chi connectivity index (χ1) is 10.0. The van der Waals surface area contributed by atoms with Gasteiger partial charge in [0.25, 0.3) is 0 Å². The fourth-order valence-electron chi connectivity index (χ4n) is 1.68. The first-order valence-electron chi connectivity index (χ1n) is 6.26. The first kappa shape index (κ1) is 17.8. The van der Waals surface area contributed by atoms with Gasteiger partial charge in [-0.05, 0) is 48.6 Å². The van der Waals surface area contributed by atoms with Crippen molar-refractivity contribution in [2.24, 2.45) is 10.9 Å². The zero-order chi connectivity index (χ0) is 15.8. The van der Waals surface area contributed by atoms with E-state index in [-0.39, 0.29) is 0 Å². The average molecular weight is 328 g/mol. The molecule has 0 aliphatic carbocycles. The van der Waals surface area contributed by atoms with Crippen molar-refractivity contribution in [3.05, 3.63) is 28.2 Å². The fraction of sp³-hybridized carbons (Fsp3) is 0.417. The minimum Gasteiger partial charge on any atom is -0.383 e. The average Bonchev–Trinajstić information content (AvgIpc) is 2.45. The molecule has 0 spiro atoms. The number of hydrogen-bond donors (Lipinski definition) is 3. The quantitative estimate of drug-likeness (QED) is 0.369. The summed E-state index contributed by atoms with van der Waals surface area (Å²) in [5.41, 5.74) is 12.9. The van der Waals surface area contributed by atoms with Gasteiger partial charge in [-0.3, -0.25) is 9.93 Å². The molecule has 0 radical (unpaired) electrons. The van der Waals surface area contributed by atoms with Crippen molar-refractivity contribution in [1.29, 1.82) is 0 Å². The Kier molecular flexibility index (Phi) is 7.51. The van der Waals surface area contributed by atoms with Gasteiger partial charge in [0.15, 0.2) is 0 Å². The summed E-state index contributed by atoms with van der Waals surface area (Å²) in [7, 11) is 2.53. The lowest BCUT2D eigenvalue weighted by molar-refractivity contribution is -0.116. The molecule has 0 bridgehead atoms. The smallest absolute Gasteiger partial charge is 0.214 e. The van der Waals surface area contributed by atoms with Crippen LogP contribution in [0, 0.1) is 6.92 Å². The number of carbonyl (C=O) groups excluding carboxylic acids is 1. The Hall–Kier alpha value is -1.29. The molecule has 0 saturated carbocycles. The number of anilines is 1. The van der Waals surface area contributed by atoms with Gasteiger partial charge in [0.1, 0.15) is 11.6 Å². The maximum absolute atomic E-state index is 11.4. The number of rotatable bonds is 8. The molecule has 1 aromatic heterocycles. The molecule has 0 aliphatic heterocycles. The van der Waals surface area contributed by atoms with Gasteiger partial charge in [0, 0.05) is 22.4 Å². The van der Waals surface area contributed by atoms with Gasteiger partial charge in [-0.25, -0.2) is 9.97 Å².